The molecular weight excluding hydrogens is 465 g/mol. The quantitative estimate of drug-likeness (QED) is 0.435. The van der Waals surface area contributed by atoms with Gasteiger partial charge in [-0.05, 0) is 42.8 Å². The first kappa shape index (κ1) is 24.9. The van der Waals surface area contributed by atoms with Crippen molar-refractivity contribution < 1.29 is 23.5 Å². The Hall–Kier alpha value is -4.21. The van der Waals surface area contributed by atoms with Gasteiger partial charge in [-0.3, -0.25) is 14.4 Å². The highest BCUT2D eigenvalue weighted by Crippen LogP contribution is 2.27. The zero-order valence-corrected chi connectivity index (χ0v) is 20.3. The van der Waals surface area contributed by atoms with Crippen LogP contribution in [0.5, 0.6) is 5.75 Å². The maximum Gasteiger partial charge on any atom is 0.414 e. The Kier molecular flexibility index (Phi) is 7.33. The molecule has 0 aliphatic carbocycles. The Labute approximate surface area is 208 Å². The minimum atomic E-state index is -0.605. The molecule has 2 atom stereocenters. The summed E-state index contributed by atoms with van der Waals surface area (Å²) in [5, 5.41) is 15.5. The minimum absolute atomic E-state index is 0.123. The number of nitrogens with one attached hydrogen (secondary N) is 2. The van der Waals surface area contributed by atoms with E-state index in [2.05, 4.69) is 10.4 Å². The number of rotatable bonds is 9. The van der Waals surface area contributed by atoms with Crippen LogP contribution in [0.25, 0.3) is 11.1 Å². The molecule has 2 N–H and O–H groups in total. The minimum Gasteiger partial charge on any atom is -0.497 e. The van der Waals surface area contributed by atoms with E-state index >= 15 is 0 Å². The van der Waals surface area contributed by atoms with Crippen molar-refractivity contribution in [3.63, 3.8) is 0 Å². The molecule has 10 heteroatoms. The Morgan fingerprint density at radius 3 is 2.83 bits per heavy atom. The van der Waals surface area contributed by atoms with Crippen LogP contribution in [0, 0.1) is 11.2 Å². The van der Waals surface area contributed by atoms with Gasteiger partial charge in [0.1, 0.15) is 17.7 Å². The second-order valence-corrected chi connectivity index (χ2v) is 8.69. The molecule has 2 heterocycles. The summed E-state index contributed by atoms with van der Waals surface area (Å²) in [6.07, 6.45) is 2.78. The summed E-state index contributed by atoms with van der Waals surface area (Å²) < 4.78 is 27.2. The van der Waals surface area contributed by atoms with Crippen molar-refractivity contribution in [1.29, 1.82) is 5.41 Å². The predicted octanol–water partition coefficient (Wildman–Crippen LogP) is 4.18. The number of methoxy groups -OCH3 is 1. The molecule has 1 fully saturated rings. The highest BCUT2D eigenvalue weighted by atomic mass is 19.1. The van der Waals surface area contributed by atoms with Crippen LogP contribution in [0.1, 0.15) is 31.9 Å². The number of cyclic esters (lactones) is 1. The number of nitrogens with zero attached hydrogens (tertiary/aromatic N) is 3. The summed E-state index contributed by atoms with van der Waals surface area (Å²) in [5.41, 5.74) is 2.49. The average Bonchev–Trinajstić information content (AvgIpc) is 3.50. The Balaban J connectivity index is 1.41. The van der Waals surface area contributed by atoms with Gasteiger partial charge in [-0.25, -0.2) is 9.18 Å². The van der Waals surface area contributed by atoms with Crippen LogP contribution >= 0.6 is 0 Å². The molecule has 1 aliphatic rings. The molecule has 36 heavy (non-hydrogen) atoms. The summed E-state index contributed by atoms with van der Waals surface area (Å²) in [5.74, 6) is -0.0703. The number of carbonyl (C=O) groups is 2. The number of ether oxygens (including phenoxy) is 2. The first-order chi connectivity index (χ1) is 17.2. The van der Waals surface area contributed by atoms with Crippen LogP contribution in [0.15, 0.2) is 54.9 Å². The van der Waals surface area contributed by atoms with Crippen LogP contribution < -0.4 is 15.0 Å². The van der Waals surface area contributed by atoms with Crippen LogP contribution in [-0.4, -0.2) is 53.8 Å². The van der Waals surface area contributed by atoms with Crippen molar-refractivity contribution in [2.45, 2.75) is 32.4 Å². The van der Waals surface area contributed by atoms with E-state index in [0.29, 0.717) is 5.69 Å². The Bertz CT molecular complexity index is 1290. The molecule has 4 rings (SSSR count). The van der Waals surface area contributed by atoms with E-state index in [1.54, 1.807) is 24.1 Å². The third-order valence-electron chi connectivity index (χ3n) is 6.00. The summed E-state index contributed by atoms with van der Waals surface area (Å²) in [6, 6.07) is 11.8. The molecule has 1 saturated heterocycles. The Morgan fingerprint density at radius 1 is 1.31 bits per heavy atom. The molecule has 0 bridgehead atoms. The smallest absolute Gasteiger partial charge is 0.414 e. The normalized spacial score (nSPS) is 15.9. The maximum atomic E-state index is 15.0. The molecule has 1 aromatic heterocycles. The number of hydrogen-bond donors (Lipinski definition) is 2. The molecule has 2 aromatic carbocycles. The molecule has 188 valence electrons. The highest BCUT2D eigenvalue weighted by Gasteiger charge is 2.32. The second-order valence-electron chi connectivity index (χ2n) is 8.69. The van der Waals surface area contributed by atoms with E-state index in [0.717, 1.165) is 16.9 Å². The standard InChI is InChI=1S/C26H28FN5O4/c1-16(32-14-19(12-30-32)18-5-4-6-21(10-18)35-3)9-25(28)23-8-7-20(11-24(23)27)31-15-22(36-26(31)34)13-29-17(2)33/h4-8,10-12,14,16,22,28H,9,13,15H2,1-3H3,(H,29,33)/t16?,22-/m0/s1. The van der Waals surface area contributed by atoms with Crippen molar-refractivity contribution in [2.24, 2.45) is 0 Å². The Morgan fingerprint density at radius 2 is 2.11 bits per heavy atom. The van der Waals surface area contributed by atoms with Gasteiger partial charge in [0.15, 0.2) is 0 Å². The molecule has 2 amide bonds. The van der Waals surface area contributed by atoms with Gasteiger partial charge in [0, 0.05) is 36.4 Å². The molecule has 0 radical (unpaired) electrons. The second kappa shape index (κ2) is 10.6. The number of aromatic nitrogens is 2. The summed E-state index contributed by atoms with van der Waals surface area (Å²) in [4.78, 5) is 24.6. The molecule has 3 aromatic rings. The zero-order valence-electron chi connectivity index (χ0n) is 20.3. The molecular formula is C26H28FN5O4. The molecule has 1 aliphatic heterocycles. The molecule has 0 saturated carbocycles. The fourth-order valence-corrected chi connectivity index (χ4v) is 4.04. The van der Waals surface area contributed by atoms with Gasteiger partial charge in [-0.2, -0.15) is 5.10 Å². The van der Waals surface area contributed by atoms with Crippen LogP contribution in [0.2, 0.25) is 0 Å². The lowest BCUT2D eigenvalue weighted by molar-refractivity contribution is -0.119. The predicted molar refractivity (Wildman–Crippen MR) is 133 cm³/mol. The van der Waals surface area contributed by atoms with Gasteiger partial charge in [0.05, 0.1) is 38.1 Å². The first-order valence-corrected chi connectivity index (χ1v) is 11.5. The average molecular weight is 494 g/mol. The highest BCUT2D eigenvalue weighted by molar-refractivity contribution is 5.99. The number of hydrogen-bond acceptors (Lipinski definition) is 6. The lowest BCUT2D eigenvalue weighted by atomic mass is 10.0. The van der Waals surface area contributed by atoms with Gasteiger partial charge in [0.2, 0.25) is 5.91 Å². The summed E-state index contributed by atoms with van der Waals surface area (Å²) in [6.45, 7) is 3.68. The van der Waals surface area contributed by atoms with Gasteiger partial charge in [0.25, 0.3) is 0 Å². The van der Waals surface area contributed by atoms with Gasteiger partial charge in [-0.15, -0.1) is 0 Å². The third kappa shape index (κ3) is 5.54. The number of carbonyl (C=O) groups excluding carboxylic acids is 2. The van der Waals surface area contributed by atoms with Crippen molar-refractivity contribution >= 4 is 23.4 Å². The largest absolute Gasteiger partial charge is 0.497 e. The van der Waals surface area contributed by atoms with Gasteiger partial charge in [-0.1, -0.05) is 12.1 Å². The van der Waals surface area contributed by atoms with Crippen LogP contribution in [0.4, 0.5) is 14.9 Å². The van der Waals surface area contributed by atoms with Crippen molar-refractivity contribution in [1.82, 2.24) is 15.1 Å². The van der Waals surface area contributed by atoms with Crippen LogP contribution in [0.3, 0.4) is 0 Å². The topological polar surface area (TPSA) is 110 Å². The van der Waals surface area contributed by atoms with E-state index in [1.807, 2.05) is 37.4 Å². The molecule has 9 nitrogen and oxygen atoms in total. The number of amides is 2. The zero-order chi connectivity index (χ0) is 25.8. The SMILES string of the molecule is COc1cccc(-c2cnn(C(C)CC(=N)c3ccc(N4C[C@H](CNC(C)=O)OC4=O)cc3F)c2)c1. The number of benzene rings is 2. The number of anilines is 1. The fraction of sp³-hybridized carbons (Fsp3) is 0.308. The van der Waals surface area contributed by atoms with Crippen molar-refractivity contribution in [3.05, 3.63) is 66.2 Å². The lowest BCUT2D eigenvalue weighted by Gasteiger charge is -2.16. The summed E-state index contributed by atoms with van der Waals surface area (Å²) in [7, 11) is 1.61. The van der Waals surface area contributed by atoms with Crippen molar-refractivity contribution in [2.75, 3.05) is 25.1 Å². The van der Waals surface area contributed by atoms with Crippen LogP contribution in [-0.2, 0) is 9.53 Å². The van der Waals surface area contributed by atoms with E-state index in [9.17, 15) is 14.0 Å². The maximum absolute atomic E-state index is 15.0. The fourth-order valence-electron chi connectivity index (χ4n) is 4.04. The monoisotopic (exact) mass is 493 g/mol. The van der Waals surface area contributed by atoms with Crippen molar-refractivity contribution in [3.8, 4) is 16.9 Å². The van der Waals surface area contributed by atoms with Gasteiger partial charge < -0.3 is 20.2 Å². The van der Waals surface area contributed by atoms with E-state index in [-0.39, 0.29) is 42.7 Å². The van der Waals surface area contributed by atoms with E-state index in [4.69, 9.17) is 14.9 Å². The first-order valence-electron chi connectivity index (χ1n) is 11.5. The third-order valence-corrected chi connectivity index (χ3v) is 6.00. The summed E-state index contributed by atoms with van der Waals surface area (Å²) >= 11 is 0. The van der Waals surface area contributed by atoms with Gasteiger partial charge >= 0.3 is 6.09 Å². The molecule has 1 unspecified atom stereocenters. The molecule has 0 spiro atoms. The lowest BCUT2D eigenvalue weighted by Crippen LogP contribution is -2.33. The van der Waals surface area contributed by atoms with E-state index < -0.39 is 18.0 Å². The number of halogens is 1. The van der Waals surface area contributed by atoms with E-state index in [1.165, 1.54) is 24.0 Å².